The number of benzene rings is 1. The van der Waals surface area contributed by atoms with Gasteiger partial charge in [0.05, 0.1) is 134 Å². The second-order valence-corrected chi connectivity index (χ2v) is 35.3. The summed E-state index contributed by atoms with van der Waals surface area (Å²) in [6.45, 7) is 39.1. The fourth-order valence-corrected chi connectivity index (χ4v) is 12.4. The molecule has 0 radical (unpaired) electrons. The Morgan fingerprint density at radius 2 is 0.695 bits per heavy atom. The number of nitrogens with zero attached hydrogens (tertiary/aromatic N) is 9. The van der Waals surface area contributed by atoms with Crippen molar-refractivity contribution in [3.05, 3.63) is 238 Å². The van der Waals surface area contributed by atoms with Gasteiger partial charge in [0.15, 0.2) is 0 Å². The Kier molecular flexibility index (Phi) is 74.8. The number of non-ortho nitro benzene ring substituents is 1. The van der Waals surface area contributed by atoms with E-state index in [0.29, 0.717) is 163 Å². The molecule has 7 atom stereocenters. The standard InChI is InChI=1S/C19H33BN2O4.C19H27N3O2.C14H22N2O4.C13H23BN2O4.3C13H22N2O2/c1-6-7-10-24-14-17(23)13-21-12-16-9-8-15(11-22-16)20-25-18(2,3)19(4,5)26-20;1-2-3-12-24-16-19(23)15-22(13-17-8-4-6-10-20-17)14-18-9-5-7-11-21-18;1-2-3-8-20-11-14(17)10-15-9-12-4-6-13(7-5-12)16(18)19;1-2-3-6-20-10-13(17)9-15-8-12-5-4-11(7-16-12)14(18)19;1-2-3-8-17-11-13(16)10-15-9-12-4-6-14-7-5-12;1-2-3-8-17-11-13(16)10-14-9-12-6-4-5-7-15-12;1-2-3-7-17-11-13(16)10-15-9-12-5-4-6-14-8-12/h8-9,11,17,21,23H,6-7,10,12-14H2,1-5H3;4-11,19,23H,2-3,12-16H2,1H3;4-7,14-15,17H,2-3,8-11H2,1H3;4-5,7,13,15,17-19H,2-3,6,8-10H2,1H3;4-7,13,15-16H,2-3,8-11H2,1H3;4-7,13-14,16H,2-3,8-11H2,1H3;4-6,8,13,15-16H,2-3,7,9-11H2,1H3. The summed E-state index contributed by atoms with van der Waals surface area (Å²) in [6.07, 6.45) is 27.2. The average Bonchev–Trinajstić information content (AvgIpc) is 1.62. The number of hydrogen-bond donors (Lipinski definition) is 15. The lowest BCUT2D eigenvalue weighted by molar-refractivity contribution is -0.384. The Balaban J connectivity index is 0.000000426. The minimum atomic E-state index is -1.49. The van der Waals surface area contributed by atoms with Crippen molar-refractivity contribution in [3.8, 4) is 0 Å². The van der Waals surface area contributed by atoms with Gasteiger partial charge in [0.1, 0.15) is 0 Å². The first kappa shape index (κ1) is 127. The van der Waals surface area contributed by atoms with Crippen LogP contribution in [0.4, 0.5) is 5.69 Å². The second-order valence-electron chi connectivity index (χ2n) is 35.3. The lowest BCUT2D eigenvalue weighted by Gasteiger charge is -2.32. The van der Waals surface area contributed by atoms with Crippen LogP contribution in [-0.2, 0) is 94.8 Å². The highest BCUT2D eigenvalue weighted by atomic mass is 16.7. The van der Waals surface area contributed by atoms with Crippen LogP contribution in [0.5, 0.6) is 0 Å². The number of unbranched alkanes of at least 4 members (excludes halogenated alkanes) is 7. The third-order valence-corrected chi connectivity index (χ3v) is 21.4. The van der Waals surface area contributed by atoms with Crippen molar-refractivity contribution in [3.63, 3.8) is 0 Å². The summed E-state index contributed by atoms with van der Waals surface area (Å²) in [7, 11) is -1.89. The molecule has 15 N–H and O–H groups in total. The van der Waals surface area contributed by atoms with Crippen molar-refractivity contribution >= 4 is 30.8 Å². The van der Waals surface area contributed by atoms with E-state index in [0.717, 1.165) is 168 Å². The monoisotopic (exact) mass is 1970 g/mol. The van der Waals surface area contributed by atoms with Crippen LogP contribution in [0, 0.1) is 10.1 Å². The van der Waals surface area contributed by atoms with Gasteiger partial charge in [-0.05, 0) is 156 Å². The van der Waals surface area contributed by atoms with Crippen LogP contribution in [0.25, 0.3) is 0 Å². The van der Waals surface area contributed by atoms with Crippen molar-refractivity contribution in [2.45, 2.75) is 272 Å². The first-order valence-corrected chi connectivity index (χ1v) is 50.4. The molecule has 9 rings (SSSR count). The van der Waals surface area contributed by atoms with E-state index in [1.165, 1.54) is 23.9 Å². The molecular formula is C104H171B2N15O20. The zero-order chi connectivity index (χ0) is 103. The van der Waals surface area contributed by atoms with Gasteiger partial charge in [0.2, 0.25) is 0 Å². The van der Waals surface area contributed by atoms with Crippen LogP contribution in [0.1, 0.15) is 211 Å². The van der Waals surface area contributed by atoms with Crippen LogP contribution in [-0.4, -0.2) is 297 Å². The van der Waals surface area contributed by atoms with Crippen molar-refractivity contribution in [1.82, 2.24) is 71.7 Å². The SMILES string of the molecule is CCCCOCC(O)CN(Cc1ccccn1)Cc1ccccn1.CCCCOCC(O)CNCc1ccc(B(O)O)cn1.CCCCOCC(O)CNCc1ccc(B2OC(C)(C)C(C)(C)O2)cn1.CCCCOCC(O)CNCc1ccc([N+](=O)[O-])cc1.CCCCOCC(O)CNCc1ccccn1.CCCCOCC(O)CNCc1cccnc1.CCCCOCC(O)CNCc1ccncc1. The van der Waals surface area contributed by atoms with Crippen molar-refractivity contribution in [2.24, 2.45) is 0 Å². The molecule has 7 unspecified atom stereocenters. The number of pyridine rings is 7. The summed E-state index contributed by atoms with van der Waals surface area (Å²) < 4.78 is 49.6. The Labute approximate surface area is 840 Å². The van der Waals surface area contributed by atoms with Crippen molar-refractivity contribution in [1.29, 1.82) is 0 Å². The van der Waals surface area contributed by atoms with E-state index in [4.69, 9.17) is 52.5 Å². The highest BCUT2D eigenvalue weighted by molar-refractivity contribution is 6.62. The van der Waals surface area contributed by atoms with Gasteiger partial charge in [0, 0.05) is 223 Å². The van der Waals surface area contributed by atoms with E-state index in [9.17, 15) is 45.9 Å². The Hall–Kier alpha value is -8.20. The summed E-state index contributed by atoms with van der Waals surface area (Å²) in [5.74, 6) is 0. The lowest BCUT2D eigenvalue weighted by Crippen LogP contribution is -2.41. The quantitative estimate of drug-likeness (QED) is 0.00730. The molecule has 8 aromatic rings. The van der Waals surface area contributed by atoms with Crippen LogP contribution >= 0.6 is 0 Å². The largest absolute Gasteiger partial charge is 0.496 e. The van der Waals surface area contributed by atoms with Crippen LogP contribution < -0.4 is 42.8 Å². The summed E-state index contributed by atoms with van der Waals surface area (Å²) in [5.41, 5.74) is 8.48. The molecule has 37 heteroatoms. The summed E-state index contributed by atoms with van der Waals surface area (Å²) >= 11 is 0. The van der Waals surface area contributed by atoms with Gasteiger partial charge in [-0.2, -0.15) is 0 Å². The minimum absolute atomic E-state index is 0.0816. The molecule has 1 fully saturated rings. The Morgan fingerprint density at radius 3 is 1.01 bits per heavy atom. The molecule has 0 spiro atoms. The number of rotatable bonds is 68. The molecule has 0 saturated carbocycles. The number of aliphatic hydroxyl groups excluding tert-OH is 7. The van der Waals surface area contributed by atoms with Gasteiger partial charge < -0.3 is 120 Å². The molecule has 141 heavy (non-hydrogen) atoms. The molecule has 1 aliphatic heterocycles. The predicted octanol–water partition coefficient (Wildman–Crippen LogP) is 9.24. The van der Waals surface area contributed by atoms with E-state index < -0.39 is 61.9 Å². The smallest absolute Gasteiger partial charge is 0.423 e. The molecule has 1 aromatic carbocycles. The number of aromatic nitrogens is 7. The fourth-order valence-electron chi connectivity index (χ4n) is 12.4. The number of ether oxygens (including phenoxy) is 7. The Morgan fingerprint density at radius 1 is 0.362 bits per heavy atom. The molecular weight excluding hydrogens is 1800 g/mol. The maximum Gasteiger partial charge on any atom is 0.496 e. The third kappa shape index (κ3) is 66.5. The number of nitro groups is 1. The first-order chi connectivity index (χ1) is 68.3. The Bertz CT molecular complexity index is 3970. The van der Waals surface area contributed by atoms with Crippen LogP contribution in [0.2, 0.25) is 0 Å². The zero-order valence-corrected chi connectivity index (χ0v) is 86.0. The molecule has 1 aliphatic rings. The maximum absolute atomic E-state index is 10.5. The van der Waals surface area contributed by atoms with Gasteiger partial charge in [-0.25, -0.2) is 0 Å². The molecule has 0 amide bonds. The second kappa shape index (κ2) is 83.0. The van der Waals surface area contributed by atoms with Crippen molar-refractivity contribution < 1.29 is 93.2 Å². The highest BCUT2D eigenvalue weighted by Gasteiger charge is 2.52. The third-order valence-electron chi connectivity index (χ3n) is 21.4. The lowest BCUT2D eigenvalue weighted by atomic mass is 9.80. The number of aliphatic hydroxyl groups is 7. The molecule has 8 heterocycles. The van der Waals surface area contributed by atoms with Gasteiger partial charge in [-0.15, -0.1) is 0 Å². The topological polar surface area (TPSA) is 474 Å². The van der Waals surface area contributed by atoms with Gasteiger partial charge in [-0.3, -0.25) is 49.9 Å². The number of nitrogens with one attached hydrogen (secondary N) is 6. The molecule has 788 valence electrons. The predicted molar refractivity (Wildman–Crippen MR) is 555 cm³/mol. The van der Waals surface area contributed by atoms with E-state index in [-0.39, 0.29) is 16.9 Å². The summed E-state index contributed by atoms with van der Waals surface area (Å²) in [6, 6.07) is 39.0. The maximum atomic E-state index is 10.5. The van der Waals surface area contributed by atoms with E-state index in [2.05, 4.69) is 120 Å². The molecule has 0 aliphatic carbocycles. The van der Waals surface area contributed by atoms with E-state index in [1.807, 2.05) is 125 Å². The molecule has 0 bridgehead atoms. The number of nitro benzene ring substituents is 1. The van der Waals surface area contributed by atoms with Gasteiger partial charge in [-0.1, -0.05) is 142 Å². The van der Waals surface area contributed by atoms with Crippen LogP contribution in [0.15, 0.2) is 183 Å². The fraction of sp³-hybridized carbons (Fsp3) is 0.606. The average molecular weight is 1970 g/mol. The summed E-state index contributed by atoms with van der Waals surface area (Å²) in [4.78, 5) is 41.7. The van der Waals surface area contributed by atoms with E-state index >= 15 is 0 Å². The molecule has 7 aromatic heterocycles. The highest BCUT2D eigenvalue weighted by Crippen LogP contribution is 2.36. The van der Waals surface area contributed by atoms with Gasteiger partial charge >= 0.3 is 14.2 Å². The number of hydrogen-bond acceptors (Lipinski definition) is 34. The first-order valence-electron chi connectivity index (χ1n) is 50.4. The van der Waals surface area contributed by atoms with Gasteiger partial charge in [0.25, 0.3) is 5.69 Å². The van der Waals surface area contributed by atoms with Crippen LogP contribution in [0.3, 0.4) is 0 Å². The zero-order valence-electron chi connectivity index (χ0n) is 86.0. The van der Waals surface area contributed by atoms with E-state index in [1.54, 1.807) is 67.6 Å². The minimum Gasteiger partial charge on any atom is -0.423 e. The normalized spacial score (nSPS) is 13.8. The summed E-state index contributed by atoms with van der Waals surface area (Å²) in [5, 5.41) is 116. The molecule has 35 nitrogen and oxygen atoms in total. The van der Waals surface area contributed by atoms with Crippen molar-refractivity contribution in [2.75, 3.05) is 138 Å². The molecule has 1 saturated heterocycles.